The predicted octanol–water partition coefficient (Wildman–Crippen LogP) is 4.00. The van der Waals surface area contributed by atoms with Crippen molar-refractivity contribution in [2.24, 2.45) is 0 Å². The quantitative estimate of drug-likeness (QED) is 0.710. The average Bonchev–Trinajstić information content (AvgIpc) is 2.86. The van der Waals surface area contributed by atoms with Crippen LogP contribution in [0.4, 0.5) is 5.82 Å². The van der Waals surface area contributed by atoms with Gasteiger partial charge in [0.05, 0.1) is 6.20 Å². The minimum Gasteiger partial charge on any atom is -0.451 e. The highest BCUT2D eigenvalue weighted by atomic mass is 79.9. The summed E-state index contributed by atoms with van der Waals surface area (Å²) in [7, 11) is 0. The van der Waals surface area contributed by atoms with Crippen molar-refractivity contribution in [3.8, 4) is 0 Å². The molecule has 0 fully saturated rings. The van der Waals surface area contributed by atoms with Gasteiger partial charge in [-0.1, -0.05) is 18.2 Å². The molecule has 0 aliphatic carbocycles. The highest BCUT2D eigenvalue weighted by Crippen LogP contribution is 2.22. The molecule has 0 bridgehead atoms. The van der Waals surface area contributed by atoms with Gasteiger partial charge in [-0.2, -0.15) is 0 Å². The Balaban J connectivity index is 1.89. The zero-order valence-corrected chi connectivity index (χ0v) is 13.1. The Labute approximate surface area is 130 Å². The van der Waals surface area contributed by atoms with E-state index in [9.17, 15) is 4.79 Å². The number of carbonyl (C=O) groups excluding carboxylic acids is 1. The molecule has 3 rings (SSSR count). The van der Waals surface area contributed by atoms with Crippen LogP contribution in [0.2, 0.25) is 0 Å². The van der Waals surface area contributed by atoms with E-state index in [4.69, 9.17) is 4.42 Å². The number of nitrogens with zero attached hydrogens (tertiary/aromatic N) is 2. The summed E-state index contributed by atoms with van der Waals surface area (Å²) in [6.07, 6.45) is 1.50. The lowest BCUT2D eigenvalue weighted by molar-refractivity contribution is 0.0998. The van der Waals surface area contributed by atoms with Crippen LogP contribution < -0.4 is 5.32 Å². The van der Waals surface area contributed by atoms with E-state index in [2.05, 4.69) is 47.1 Å². The molecule has 20 heavy (non-hydrogen) atoms. The van der Waals surface area contributed by atoms with E-state index in [0.717, 1.165) is 5.39 Å². The minimum absolute atomic E-state index is 0.225. The SMILES string of the molecule is O=C(Nc1ncc(Br)nc1Br)c1cc2ccccc2o1. The predicted molar refractivity (Wildman–Crippen MR) is 81.6 cm³/mol. The number of para-hydroxylation sites is 1. The second kappa shape index (κ2) is 5.34. The largest absolute Gasteiger partial charge is 0.451 e. The number of anilines is 1. The van der Waals surface area contributed by atoms with Gasteiger partial charge in [0.25, 0.3) is 5.91 Å². The number of benzene rings is 1. The van der Waals surface area contributed by atoms with Gasteiger partial charge in [-0.15, -0.1) is 0 Å². The first kappa shape index (κ1) is 13.3. The number of rotatable bonds is 2. The first-order valence-corrected chi connectivity index (χ1v) is 7.20. The van der Waals surface area contributed by atoms with Gasteiger partial charge in [-0.05, 0) is 44.0 Å². The maximum atomic E-state index is 12.1. The highest BCUT2D eigenvalue weighted by molar-refractivity contribution is 9.11. The molecule has 100 valence electrons. The van der Waals surface area contributed by atoms with Crippen molar-refractivity contribution in [3.63, 3.8) is 0 Å². The zero-order valence-electron chi connectivity index (χ0n) is 9.93. The van der Waals surface area contributed by atoms with Crippen molar-refractivity contribution in [3.05, 3.63) is 51.5 Å². The summed E-state index contributed by atoms with van der Waals surface area (Å²) in [6, 6.07) is 9.11. The van der Waals surface area contributed by atoms with E-state index in [1.54, 1.807) is 6.07 Å². The van der Waals surface area contributed by atoms with Crippen molar-refractivity contribution in [1.82, 2.24) is 9.97 Å². The number of furan rings is 1. The number of fused-ring (bicyclic) bond motifs is 1. The van der Waals surface area contributed by atoms with Gasteiger partial charge in [-0.25, -0.2) is 9.97 Å². The van der Waals surface area contributed by atoms with Gasteiger partial charge in [0.1, 0.15) is 14.8 Å². The van der Waals surface area contributed by atoms with Gasteiger partial charge < -0.3 is 9.73 Å². The van der Waals surface area contributed by atoms with Crippen molar-refractivity contribution in [2.45, 2.75) is 0 Å². The molecule has 0 unspecified atom stereocenters. The monoisotopic (exact) mass is 395 g/mol. The molecule has 0 atom stereocenters. The molecule has 0 spiro atoms. The summed E-state index contributed by atoms with van der Waals surface area (Å²) >= 11 is 6.43. The number of nitrogens with one attached hydrogen (secondary N) is 1. The summed E-state index contributed by atoms with van der Waals surface area (Å²) in [5, 5.41) is 3.51. The summed E-state index contributed by atoms with van der Waals surface area (Å²) in [6.45, 7) is 0. The molecule has 0 aliphatic heterocycles. The molecule has 7 heteroatoms. The van der Waals surface area contributed by atoms with Gasteiger partial charge in [-0.3, -0.25) is 4.79 Å². The molecule has 0 saturated carbocycles. The number of amides is 1. The van der Waals surface area contributed by atoms with Gasteiger partial charge in [0.15, 0.2) is 11.6 Å². The molecule has 1 amide bonds. The lowest BCUT2D eigenvalue weighted by atomic mass is 10.2. The Bertz CT molecular complexity index is 768. The first-order valence-electron chi connectivity index (χ1n) is 5.61. The maximum Gasteiger partial charge on any atom is 0.292 e. The third kappa shape index (κ3) is 2.59. The van der Waals surface area contributed by atoms with E-state index >= 15 is 0 Å². The number of hydrogen-bond donors (Lipinski definition) is 1. The van der Waals surface area contributed by atoms with Crippen LogP contribution in [0.15, 0.2) is 50.2 Å². The molecule has 1 aromatic carbocycles. The molecule has 0 aliphatic rings. The Morgan fingerprint density at radius 1 is 1.25 bits per heavy atom. The first-order chi connectivity index (χ1) is 9.63. The number of aromatic nitrogens is 2. The summed E-state index contributed by atoms with van der Waals surface area (Å²) in [5.41, 5.74) is 0.665. The topological polar surface area (TPSA) is 68.0 Å². The highest BCUT2D eigenvalue weighted by Gasteiger charge is 2.14. The molecule has 2 aromatic heterocycles. The normalized spacial score (nSPS) is 10.7. The van der Waals surface area contributed by atoms with E-state index in [-0.39, 0.29) is 11.7 Å². The van der Waals surface area contributed by atoms with E-state index in [1.807, 2.05) is 24.3 Å². The zero-order chi connectivity index (χ0) is 14.1. The fourth-order valence-electron chi connectivity index (χ4n) is 1.69. The van der Waals surface area contributed by atoms with Gasteiger partial charge in [0, 0.05) is 5.39 Å². The van der Waals surface area contributed by atoms with Crippen LogP contribution in [0.1, 0.15) is 10.6 Å². The van der Waals surface area contributed by atoms with Crippen molar-refractivity contribution >= 4 is 54.6 Å². The second-order valence-electron chi connectivity index (χ2n) is 3.93. The van der Waals surface area contributed by atoms with Crippen LogP contribution >= 0.6 is 31.9 Å². The number of halogens is 2. The smallest absolute Gasteiger partial charge is 0.292 e. The average molecular weight is 397 g/mol. The molecule has 5 nitrogen and oxygen atoms in total. The second-order valence-corrected chi connectivity index (χ2v) is 5.50. The van der Waals surface area contributed by atoms with Gasteiger partial charge >= 0.3 is 0 Å². The molecular formula is C13H7Br2N3O2. The van der Waals surface area contributed by atoms with Crippen molar-refractivity contribution in [2.75, 3.05) is 5.32 Å². The molecular weight excluding hydrogens is 390 g/mol. The molecule has 0 saturated heterocycles. The summed E-state index contributed by atoms with van der Waals surface area (Å²) in [4.78, 5) is 20.3. The van der Waals surface area contributed by atoms with E-state index in [1.165, 1.54) is 6.20 Å². The Morgan fingerprint density at radius 2 is 2.05 bits per heavy atom. The third-order valence-corrected chi connectivity index (χ3v) is 3.52. The van der Waals surface area contributed by atoms with Crippen molar-refractivity contribution < 1.29 is 9.21 Å². The van der Waals surface area contributed by atoms with Crippen LogP contribution in [0.25, 0.3) is 11.0 Å². The molecule has 1 N–H and O–H groups in total. The third-order valence-electron chi connectivity index (χ3n) is 2.58. The van der Waals surface area contributed by atoms with E-state index < -0.39 is 0 Å². The van der Waals surface area contributed by atoms with Gasteiger partial charge in [0.2, 0.25) is 0 Å². The Kier molecular flexibility index (Phi) is 3.54. The van der Waals surface area contributed by atoms with Crippen LogP contribution in [0.3, 0.4) is 0 Å². The number of hydrogen-bond acceptors (Lipinski definition) is 4. The summed E-state index contributed by atoms with van der Waals surface area (Å²) < 4.78 is 6.50. The standard InChI is InChI=1S/C13H7Br2N3O2/c14-10-6-16-12(11(15)17-10)18-13(19)9-5-7-3-1-2-4-8(7)20-9/h1-6H,(H,16,18,19). The molecule has 0 radical (unpaired) electrons. The van der Waals surface area contributed by atoms with Crippen LogP contribution in [-0.4, -0.2) is 15.9 Å². The lowest BCUT2D eigenvalue weighted by Crippen LogP contribution is -2.12. The molecule has 2 heterocycles. The van der Waals surface area contributed by atoms with Crippen LogP contribution in [0, 0.1) is 0 Å². The number of carbonyl (C=O) groups is 1. The van der Waals surface area contributed by atoms with Crippen LogP contribution in [-0.2, 0) is 0 Å². The minimum atomic E-state index is -0.376. The van der Waals surface area contributed by atoms with Crippen molar-refractivity contribution in [1.29, 1.82) is 0 Å². The maximum absolute atomic E-state index is 12.1. The fourth-order valence-corrected chi connectivity index (χ4v) is 2.60. The molecule has 3 aromatic rings. The lowest BCUT2D eigenvalue weighted by Gasteiger charge is -2.03. The Morgan fingerprint density at radius 3 is 2.80 bits per heavy atom. The van der Waals surface area contributed by atoms with Crippen LogP contribution in [0.5, 0.6) is 0 Å². The van der Waals surface area contributed by atoms with E-state index in [0.29, 0.717) is 20.6 Å². The fraction of sp³-hybridized carbons (Fsp3) is 0. The Hall–Kier alpha value is -1.73. The summed E-state index contributed by atoms with van der Waals surface area (Å²) in [5.74, 6) is 0.181.